The number of rotatable bonds is 5. The summed E-state index contributed by atoms with van der Waals surface area (Å²) >= 11 is 0. The van der Waals surface area contributed by atoms with Crippen LogP contribution in [-0.4, -0.2) is 9.13 Å². The van der Waals surface area contributed by atoms with Crippen LogP contribution in [0.3, 0.4) is 0 Å². The Labute approximate surface area is 312 Å². The minimum atomic E-state index is -0.354. The molecular weight excluding hydrogens is 657 g/mol. The van der Waals surface area contributed by atoms with E-state index in [-0.39, 0.29) is 6.29 Å². The molecule has 4 heteroatoms. The highest BCUT2D eigenvalue weighted by Crippen LogP contribution is 2.38. The fourth-order valence-corrected chi connectivity index (χ4v) is 8.44. The smallest absolute Gasteiger partial charge is 0.201 e. The van der Waals surface area contributed by atoms with Crippen LogP contribution in [0.2, 0.25) is 0 Å². The summed E-state index contributed by atoms with van der Waals surface area (Å²) in [6, 6.07) is 69.7. The molecule has 8 aromatic carbocycles. The minimum absolute atomic E-state index is 0.354. The number of benzene rings is 8. The molecule has 0 spiro atoms. The molecule has 0 bridgehead atoms. The first-order valence-electron chi connectivity index (χ1n) is 18.5. The number of hydrogen-bond acceptors (Lipinski definition) is 2. The van der Waals surface area contributed by atoms with Crippen molar-refractivity contribution >= 4 is 49.3 Å². The molecule has 2 aromatic heterocycles. The fourth-order valence-electron chi connectivity index (χ4n) is 8.44. The Morgan fingerprint density at radius 3 is 1.76 bits per heavy atom. The third-order valence-corrected chi connectivity index (χ3v) is 11.0. The highest BCUT2D eigenvalue weighted by molar-refractivity contribution is 6.12. The van der Waals surface area contributed by atoms with Crippen LogP contribution in [0.25, 0.3) is 77.2 Å². The van der Waals surface area contributed by atoms with Gasteiger partial charge in [0.15, 0.2) is 0 Å². The largest absolute Gasteiger partial charge is 0.345 e. The van der Waals surface area contributed by atoms with Crippen molar-refractivity contribution in [3.63, 3.8) is 0 Å². The van der Waals surface area contributed by atoms with E-state index in [9.17, 15) is 0 Å². The van der Waals surface area contributed by atoms with E-state index in [0.29, 0.717) is 0 Å². The molecule has 0 aliphatic carbocycles. The number of hydrogen-bond donors (Lipinski definition) is 1. The first kappa shape index (κ1) is 30.5. The molecule has 0 saturated heterocycles. The molecule has 1 N–H and O–H groups in total. The molecule has 0 fully saturated rings. The maximum atomic E-state index is 5.37. The van der Waals surface area contributed by atoms with Gasteiger partial charge in [0.25, 0.3) is 0 Å². The SMILES string of the molecule is c1ccc(-c2ccc(C3=c4ccccc4=NC(n4c5ccccc5c5ccc(-c6ccc7c(c6)c6ccccc6n7-c6ccccc6)cc54)N3)cc2)cc1. The number of para-hydroxylation sites is 4. The van der Waals surface area contributed by atoms with E-state index >= 15 is 0 Å². The minimum Gasteiger partial charge on any atom is -0.345 e. The van der Waals surface area contributed by atoms with E-state index in [1.807, 2.05) is 0 Å². The summed E-state index contributed by atoms with van der Waals surface area (Å²) in [5.41, 5.74) is 12.8. The average Bonchev–Trinajstić information content (AvgIpc) is 3.76. The van der Waals surface area contributed by atoms with E-state index < -0.39 is 0 Å². The Balaban J connectivity index is 1.06. The number of aromatic nitrogens is 2. The second-order valence-corrected chi connectivity index (χ2v) is 14.0. The van der Waals surface area contributed by atoms with E-state index in [1.165, 1.54) is 54.8 Å². The lowest BCUT2D eigenvalue weighted by Gasteiger charge is -2.25. The van der Waals surface area contributed by atoms with Crippen LogP contribution in [0, 0.1) is 0 Å². The summed E-state index contributed by atoms with van der Waals surface area (Å²) < 4.78 is 4.75. The Bertz CT molecular complexity index is 3170. The molecule has 0 amide bonds. The van der Waals surface area contributed by atoms with Crippen LogP contribution in [-0.2, 0) is 0 Å². The Kier molecular flexibility index (Phi) is 6.89. The van der Waals surface area contributed by atoms with Crippen molar-refractivity contribution < 1.29 is 0 Å². The zero-order valence-electron chi connectivity index (χ0n) is 29.4. The summed E-state index contributed by atoms with van der Waals surface area (Å²) in [6.45, 7) is 0. The summed E-state index contributed by atoms with van der Waals surface area (Å²) in [5.74, 6) is 0. The number of nitrogens with one attached hydrogen (secondary N) is 1. The third kappa shape index (κ3) is 4.81. The highest BCUT2D eigenvalue weighted by atomic mass is 15.3. The Morgan fingerprint density at radius 1 is 0.389 bits per heavy atom. The maximum absolute atomic E-state index is 5.37. The quantitative estimate of drug-likeness (QED) is 0.192. The van der Waals surface area contributed by atoms with Crippen molar-refractivity contribution in [1.82, 2.24) is 14.5 Å². The molecule has 11 rings (SSSR count). The maximum Gasteiger partial charge on any atom is 0.201 e. The zero-order chi connectivity index (χ0) is 35.6. The normalized spacial score (nSPS) is 14.0. The molecule has 0 saturated carbocycles. The van der Waals surface area contributed by atoms with Gasteiger partial charge >= 0.3 is 0 Å². The molecule has 1 unspecified atom stereocenters. The van der Waals surface area contributed by atoms with Gasteiger partial charge in [-0.2, -0.15) is 0 Å². The van der Waals surface area contributed by atoms with Crippen molar-refractivity contribution in [2.75, 3.05) is 0 Å². The highest BCUT2D eigenvalue weighted by Gasteiger charge is 2.23. The molecule has 10 aromatic rings. The molecule has 3 heterocycles. The van der Waals surface area contributed by atoms with Crippen LogP contribution >= 0.6 is 0 Å². The van der Waals surface area contributed by atoms with Gasteiger partial charge in [-0.05, 0) is 76.3 Å². The van der Waals surface area contributed by atoms with Crippen molar-refractivity contribution in [1.29, 1.82) is 0 Å². The van der Waals surface area contributed by atoms with Crippen LogP contribution in [0.15, 0.2) is 199 Å². The first-order valence-corrected chi connectivity index (χ1v) is 18.5. The van der Waals surface area contributed by atoms with Crippen LogP contribution in [0.4, 0.5) is 0 Å². The fraction of sp³-hybridized carbons (Fsp3) is 0.0200. The molecule has 254 valence electrons. The predicted octanol–water partition coefficient (Wildman–Crippen LogP) is 10.8. The lowest BCUT2D eigenvalue weighted by Crippen LogP contribution is -2.41. The molecule has 1 atom stereocenters. The van der Waals surface area contributed by atoms with E-state index in [4.69, 9.17) is 4.99 Å². The summed E-state index contributed by atoms with van der Waals surface area (Å²) in [5, 5.41) is 10.9. The van der Waals surface area contributed by atoms with Gasteiger partial charge in [-0.3, -0.25) is 0 Å². The average molecular weight is 691 g/mol. The van der Waals surface area contributed by atoms with Crippen molar-refractivity contribution in [3.8, 4) is 27.9 Å². The molecule has 54 heavy (non-hydrogen) atoms. The van der Waals surface area contributed by atoms with Crippen LogP contribution < -0.4 is 15.9 Å². The topological polar surface area (TPSA) is 34.2 Å². The lowest BCUT2D eigenvalue weighted by atomic mass is 10.0. The van der Waals surface area contributed by atoms with Crippen LogP contribution in [0.5, 0.6) is 0 Å². The Hall–Kier alpha value is -7.17. The molecular formula is C50H34N4. The molecule has 1 aliphatic heterocycles. The monoisotopic (exact) mass is 690 g/mol. The summed E-state index contributed by atoms with van der Waals surface area (Å²) in [7, 11) is 0. The first-order chi connectivity index (χ1) is 26.8. The standard InChI is InChI=1S/C50H34N4/c1-3-13-33(14-4-1)34-23-25-35(26-24-34)49-42-19-7-10-20-44(42)51-50(52-49)54-46-22-12-8-17-39(46)41-29-27-37(32-48(41)54)36-28-30-47-43(31-36)40-18-9-11-21-45(40)53(47)38-15-5-2-6-16-38/h1-32,50,52H. The van der Waals surface area contributed by atoms with Crippen molar-refractivity contribution in [3.05, 3.63) is 210 Å². The molecule has 4 nitrogen and oxygen atoms in total. The lowest BCUT2D eigenvalue weighted by molar-refractivity contribution is 0.489. The number of nitrogens with zero attached hydrogens (tertiary/aromatic N) is 3. The van der Waals surface area contributed by atoms with Crippen molar-refractivity contribution in [2.24, 2.45) is 4.99 Å². The third-order valence-electron chi connectivity index (χ3n) is 11.0. The Morgan fingerprint density at radius 2 is 0.944 bits per heavy atom. The molecule has 1 aliphatic rings. The van der Waals surface area contributed by atoms with Gasteiger partial charge in [0.2, 0.25) is 6.29 Å². The van der Waals surface area contributed by atoms with E-state index in [0.717, 1.165) is 38.6 Å². The van der Waals surface area contributed by atoms with E-state index in [2.05, 4.69) is 209 Å². The van der Waals surface area contributed by atoms with Gasteiger partial charge in [-0.1, -0.05) is 146 Å². The van der Waals surface area contributed by atoms with E-state index in [1.54, 1.807) is 0 Å². The van der Waals surface area contributed by atoms with Gasteiger partial charge in [0, 0.05) is 32.5 Å². The second-order valence-electron chi connectivity index (χ2n) is 14.0. The zero-order valence-corrected chi connectivity index (χ0v) is 29.4. The van der Waals surface area contributed by atoms with Gasteiger partial charge < -0.3 is 14.5 Å². The van der Waals surface area contributed by atoms with Crippen molar-refractivity contribution in [2.45, 2.75) is 6.29 Å². The summed E-state index contributed by atoms with van der Waals surface area (Å²) in [6.07, 6.45) is -0.354. The van der Waals surface area contributed by atoms with Crippen LogP contribution in [0.1, 0.15) is 11.9 Å². The number of fused-ring (bicyclic) bond motifs is 7. The summed E-state index contributed by atoms with van der Waals surface area (Å²) in [4.78, 5) is 5.37. The van der Waals surface area contributed by atoms with Gasteiger partial charge in [-0.15, -0.1) is 0 Å². The second kappa shape index (κ2) is 12.2. The van der Waals surface area contributed by atoms with Gasteiger partial charge in [0.1, 0.15) is 0 Å². The molecule has 0 radical (unpaired) electrons. The predicted molar refractivity (Wildman–Crippen MR) is 223 cm³/mol. The van der Waals surface area contributed by atoms with Gasteiger partial charge in [0.05, 0.1) is 33.1 Å². The van der Waals surface area contributed by atoms with Gasteiger partial charge in [-0.25, -0.2) is 4.99 Å².